The summed E-state index contributed by atoms with van der Waals surface area (Å²) < 4.78 is 0. The minimum Gasteiger partial charge on any atom is -0.478 e. The summed E-state index contributed by atoms with van der Waals surface area (Å²) in [6, 6.07) is 2.74. The number of pyridine rings is 1. The molecule has 19 heavy (non-hydrogen) atoms. The molecule has 2 heterocycles. The van der Waals surface area contributed by atoms with Crippen LogP contribution in [-0.4, -0.2) is 31.0 Å². The average molecular weight is 278 g/mol. The molecule has 1 N–H and O–H groups in total. The Morgan fingerprint density at radius 2 is 2.00 bits per heavy atom. The lowest BCUT2D eigenvalue weighted by Crippen LogP contribution is -1.97. The van der Waals surface area contributed by atoms with E-state index < -0.39 is 10.9 Å². The molecule has 0 aromatic carbocycles. The number of nitrogens with zero attached hydrogens (tertiary/aromatic N) is 4. The highest BCUT2D eigenvalue weighted by atomic mass is 32.2. The molecule has 8 nitrogen and oxygen atoms in total. The lowest BCUT2D eigenvalue weighted by molar-refractivity contribution is -0.385. The van der Waals surface area contributed by atoms with Crippen LogP contribution in [0.3, 0.4) is 0 Å². The van der Waals surface area contributed by atoms with Crippen LogP contribution in [0.25, 0.3) is 0 Å². The van der Waals surface area contributed by atoms with E-state index >= 15 is 0 Å². The Morgan fingerprint density at radius 1 is 1.32 bits per heavy atom. The maximum atomic E-state index is 10.8. The van der Waals surface area contributed by atoms with E-state index in [1.165, 1.54) is 18.3 Å². The van der Waals surface area contributed by atoms with E-state index in [2.05, 4.69) is 15.0 Å². The number of carboxylic acid groups (broad SMARTS) is 1. The second-order valence-electron chi connectivity index (χ2n) is 3.27. The SMILES string of the molecule is O=C(O)c1ccnc(Sc2ncc([N+](=O)[O-])cn2)c1. The molecule has 2 rings (SSSR count). The number of aromatic carboxylic acids is 1. The number of hydrogen-bond acceptors (Lipinski definition) is 7. The third kappa shape index (κ3) is 3.22. The largest absolute Gasteiger partial charge is 0.478 e. The first-order valence-electron chi connectivity index (χ1n) is 4.90. The van der Waals surface area contributed by atoms with E-state index in [4.69, 9.17) is 5.11 Å². The van der Waals surface area contributed by atoms with E-state index in [9.17, 15) is 14.9 Å². The van der Waals surface area contributed by atoms with Crippen molar-refractivity contribution in [1.82, 2.24) is 15.0 Å². The van der Waals surface area contributed by atoms with Crippen molar-refractivity contribution in [2.75, 3.05) is 0 Å². The molecule has 0 aliphatic carbocycles. The summed E-state index contributed by atoms with van der Waals surface area (Å²) in [5.74, 6) is -1.06. The van der Waals surface area contributed by atoms with E-state index in [1.54, 1.807) is 0 Å². The standard InChI is InChI=1S/C10H6N4O4S/c15-9(16)6-1-2-11-8(3-6)19-10-12-4-7(5-13-10)14(17)18/h1-5H,(H,15,16). The molecule has 0 saturated heterocycles. The van der Waals surface area contributed by atoms with Gasteiger partial charge in [0.2, 0.25) is 0 Å². The first-order chi connectivity index (χ1) is 9.06. The monoisotopic (exact) mass is 278 g/mol. The van der Waals surface area contributed by atoms with Crippen molar-refractivity contribution in [3.63, 3.8) is 0 Å². The van der Waals surface area contributed by atoms with Crippen molar-refractivity contribution in [3.8, 4) is 0 Å². The van der Waals surface area contributed by atoms with E-state index in [0.717, 1.165) is 24.2 Å². The van der Waals surface area contributed by atoms with Crippen LogP contribution in [0.15, 0.2) is 40.9 Å². The second kappa shape index (κ2) is 5.40. The van der Waals surface area contributed by atoms with Crippen molar-refractivity contribution in [2.45, 2.75) is 10.2 Å². The Kier molecular flexibility index (Phi) is 3.66. The van der Waals surface area contributed by atoms with Crippen LogP contribution in [0.2, 0.25) is 0 Å². The lowest BCUT2D eigenvalue weighted by Gasteiger charge is -2.00. The smallest absolute Gasteiger partial charge is 0.335 e. The molecule has 0 radical (unpaired) electrons. The molecule has 96 valence electrons. The van der Waals surface area contributed by atoms with Crippen molar-refractivity contribution in [1.29, 1.82) is 0 Å². The summed E-state index contributed by atoms with van der Waals surface area (Å²) >= 11 is 1.02. The van der Waals surface area contributed by atoms with Gasteiger partial charge in [0, 0.05) is 6.20 Å². The van der Waals surface area contributed by atoms with Gasteiger partial charge in [0.1, 0.15) is 17.4 Å². The zero-order valence-corrected chi connectivity index (χ0v) is 10.1. The fourth-order valence-electron chi connectivity index (χ4n) is 1.15. The Balaban J connectivity index is 2.19. The fraction of sp³-hybridized carbons (Fsp3) is 0. The van der Waals surface area contributed by atoms with Crippen LogP contribution in [0.4, 0.5) is 5.69 Å². The molecule has 0 fully saturated rings. The number of rotatable bonds is 4. The lowest BCUT2D eigenvalue weighted by atomic mass is 10.3. The Bertz CT molecular complexity index is 632. The molecule has 0 unspecified atom stereocenters. The molecule has 0 aliphatic heterocycles. The number of hydrogen-bond donors (Lipinski definition) is 1. The van der Waals surface area contributed by atoms with Gasteiger partial charge in [-0.25, -0.2) is 19.7 Å². The van der Waals surface area contributed by atoms with Crippen LogP contribution in [0.5, 0.6) is 0 Å². The van der Waals surface area contributed by atoms with Gasteiger partial charge in [-0.05, 0) is 23.9 Å². The quantitative estimate of drug-likeness (QED) is 0.509. The number of nitro groups is 1. The van der Waals surface area contributed by atoms with Gasteiger partial charge in [-0.1, -0.05) is 0 Å². The summed E-state index contributed by atoms with van der Waals surface area (Å²) in [6.45, 7) is 0. The topological polar surface area (TPSA) is 119 Å². The molecule has 0 spiro atoms. The van der Waals surface area contributed by atoms with Crippen molar-refractivity contribution in [3.05, 3.63) is 46.4 Å². The summed E-state index contributed by atoms with van der Waals surface area (Å²) in [7, 11) is 0. The van der Waals surface area contributed by atoms with Crippen molar-refractivity contribution in [2.24, 2.45) is 0 Å². The van der Waals surface area contributed by atoms with Crippen molar-refractivity contribution < 1.29 is 14.8 Å². The Hall–Kier alpha value is -2.55. The van der Waals surface area contributed by atoms with E-state index in [-0.39, 0.29) is 16.4 Å². The van der Waals surface area contributed by atoms with Crippen LogP contribution < -0.4 is 0 Å². The highest BCUT2D eigenvalue weighted by molar-refractivity contribution is 7.99. The van der Waals surface area contributed by atoms with E-state index in [1.807, 2.05) is 0 Å². The molecule has 0 bridgehead atoms. The van der Waals surface area contributed by atoms with Crippen LogP contribution in [0.1, 0.15) is 10.4 Å². The van der Waals surface area contributed by atoms with Crippen LogP contribution in [-0.2, 0) is 0 Å². The highest BCUT2D eigenvalue weighted by Crippen LogP contribution is 2.23. The maximum absolute atomic E-state index is 10.8. The first-order valence-corrected chi connectivity index (χ1v) is 5.71. The Labute approximate surface area is 110 Å². The van der Waals surface area contributed by atoms with Gasteiger partial charge in [-0.15, -0.1) is 0 Å². The van der Waals surface area contributed by atoms with Crippen LogP contribution >= 0.6 is 11.8 Å². The Morgan fingerprint density at radius 3 is 2.58 bits per heavy atom. The molecule has 0 aliphatic rings. The molecule has 0 saturated carbocycles. The van der Waals surface area contributed by atoms with Gasteiger partial charge >= 0.3 is 11.7 Å². The molecule has 0 atom stereocenters. The minimum atomic E-state index is -1.06. The van der Waals surface area contributed by atoms with Gasteiger partial charge in [0.15, 0.2) is 5.16 Å². The molecular formula is C10H6N4O4S. The summed E-state index contributed by atoms with van der Waals surface area (Å²) in [5.41, 5.74) is -0.115. The van der Waals surface area contributed by atoms with Crippen LogP contribution in [0, 0.1) is 10.1 Å². The van der Waals surface area contributed by atoms with E-state index in [0.29, 0.717) is 5.03 Å². The molecule has 2 aromatic rings. The molecular weight excluding hydrogens is 272 g/mol. The normalized spacial score (nSPS) is 10.1. The van der Waals surface area contributed by atoms with Gasteiger partial charge in [-0.3, -0.25) is 10.1 Å². The molecule has 2 aromatic heterocycles. The highest BCUT2D eigenvalue weighted by Gasteiger charge is 2.10. The summed E-state index contributed by atoms with van der Waals surface area (Å²) in [4.78, 5) is 32.2. The molecule has 0 amide bonds. The predicted octanol–water partition coefficient (Wildman–Crippen LogP) is 1.63. The molecule has 9 heteroatoms. The van der Waals surface area contributed by atoms with Gasteiger partial charge in [0.05, 0.1) is 10.5 Å². The third-order valence-corrected chi connectivity index (χ3v) is 2.83. The third-order valence-electron chi connectivity index (χ3n) is 2.00. The minimum absolute atomic E-state index is 0.0967. The number of carbonyl (C=O) groups is 1. The number of carboxylic acids is 1. The maximum Gasteiger partial charge on any atom is 0.335 e. The average Bonchev–Trinajstić information content (AvgIpc) is 2.39. The summed E-state index contributed by atoms with van der Waals surface area (Å²) in [5, 5.41) is 19.9. The van der Waals surface area contributed by atoms with Gasteiger partial charge < -0.3 is 5.11 Å². The van der Waals surface area contributed by atoms with Gasteiger partial charge in [-0.2, -0.15) is 0 Å². The zero-order chi connectivity index (χ0) is 13.8. The summed E-state index contributed by atoms with van der Waals surface area (Å²) in [6.07, 6.45) is 3.52. The zero-order valence-electron chi connectivity index (χ0n) is 9.26. The first kappa shape index (κ1) is 12.9. The fourth-order valence-corrected chi connectivity index (χ4v) is 1.85. The number of aromatic nitrogens is 3. The predicted molar refractivity (Wildman–Crippen MR) is 64.0 cm³/mol. The second-order valence-corrected chi connectivity index (χ2v) is 4.26. The van der Waals surface area contributed by atoms with Crippen molar-refractivity contribution >= 4 is 23.4 Å². The van der Waals surface area contributed by atoms with Gasteiger partial charge in [0.25, 0.3) is 0 Å².